The first kappa shape index (κ1) is 12.6. The normalized spacial score (nSPS) is 10.7. The molecule has 0 fully saturated rings. The molecule has 1 aromatic heterocycles. The van der Waals surface area contributed by atoms with E-state index in [2.05, 4.69) is 4.98 Å². The lowest BCUT2D eigenvalue weighted by molar-refractivity contribution is 0.306. The second-order valence-electron chi connectivity index (χ2n) is 4.61. The number of nitrogens with zero attached hydrogens (tertiary/aromatic N) is 1. The Kier molecular flexibility index (Phi) is 3.61. The van der Waals surface area contributed by atoms with Crippen molar-refractivity contribution in [3.63, 3.8) is 0 Å². The summed E-state index contributed by atoms with van der Waals surface area (Å²) in [5.74, 6) is 0.787. The van der Waals surface area contributed by atoms with Gasteiger partial charge in [0.2, 0.25) is 0 Å². The van der Waals surface area contributed by atoms with Crippen LogP contribution in [0.1, 0.15) is 11.1 Å². The number of pyridine rings is 1. The Labute approximate surface area is 118 Å². The highest BCUT2D eigenvalue weighted by atomic mass is 16.5. The van der Waals surface area contributed by atoms with E-state index < -0.39 is 0 Å². The van der Waals surface area contributed by atoms with Crippen molar-refractivity contribution >= 4 is 10.9 Å². The smallest absolute Gasteiger partial charge is 0.150 e. The fraction of sp³-hybridized carbons (Fsp3) is 0.118. The summed E-state index contributed by atoms with van der Waals surface area (Å²) in [4.78, 5) is 4.42. The lowest BCUT2D eigenvalue weighted by Gasteiger charge is -2.12. The van der Waals surface area contributed by atoms with Crippen molar-refractivity contribution in [1.82, 2.24) is 4.98 Å². The third kappa shape index (κ3) is 2.49. The predicted octanol–water partition coefficient (Wildman–Crippen LogP) is 3.27. The molecule has 0 aliphatic rings. The Hall–Kier alpha value is -2.39. The summed E-state index contributed by atoms with van der Waals surface area (Å²) in [5, 5.41) is 1.06. The maximum atomic E-state index is 5.98. The molecular weight excluding hydrogens is 248 g/mol. The summed E-state index contributed by atoms with van der Waals surface area (Å²) in [6.07, 6.45) is 1.78. The summed E-state index contributed by atoms with van der Waals surface area (Å²) in [7, 11) is 0. The number of benzene rings is 2. The molecule has 0 bridgehead atoms. The third-order valence-electron chi connectivity index (χ3n) is 3.26. The van der Waals surface area contributed by atoms with Gasteiger partial charge < -0.3 is 10.5 Å². The van der Waals surface area contributed by atoms with Crippen LogP contribution in [0.2, 0.25) is 0 Å². The number of hydrogen-bond donors (Lipinski definition) is 1. The largest absolute Gasteiger partial charge is 0.486 e. The van der Waals surface area contributed by atoms with E-state index >= 15 is 0 Å². The lowest BCUT2D eigenvalue weighted by atomic mass is 10.1. The molecule has 0 saturated carbocycles. The number of ether oxygens (including phenoxy) is 1. The van der Waals surface area contributed by atoms with E-state index in [1.54, 1.807) is 6.20 Å². The van der Waals surface area contributed by atoms with Crippen LogP contribution in [0.4, 0.5) is 0 Å². The van der Waals surface area contributed by atoms with Gasteiger partial charge in [0.25, 0.3) is 0 Å². The molecule has 20 heavy (non-hydrogen) atoms. The van der Waals surface area contributed by atoms with E-state index in [0.29, 0.717) is 13.2 Å². The van der Waals surface area contributed by atoms with Crippen molar-refractivity contribution in [3.8, 4) is 5.75 Å². The van der Waals surface area contributed by atoms with Gasteiger partial charge in [-0.25, -0.2) is 0 Å². The first-order chi connectivity index (χ1) is 9.88. The van der Waals surface area contributed by atoms with Gasteiger partial charge >= 0.3 is 0 Å². The van der Waals surface area contributed by atoms with Crippen LogP contribution < -0.4 is 10.5 Å². The highest BCUT2D eigenvalue weighted by Gasteiger charge is 2.09. The van der Waals surface area contributed by atoms with Crippen LogP contribution in [-0.4, -0.2) is 4.98 Å². The molecule has 0 radical (unpaired) electrons. The van der Waals surface area contributed by atoms with Gasteiger partial charge in [-0.3, -0.25) is 4.98 Å². The van der Waals surface area contributed by atoms with E-state index in [0.717, 1.165) is 27.8 Å². The molecule has 0 amide bonds. The van der Waals surface area contributed by atoms with Crippen LogP contribution in [0.3, 0.4) is 0 Å². The minimum Gasteiger partial charge on any atom is -0.486 e. The monoisotopic (exact) mass is 264 g/mol. The third-order valence-corrected chi connectivity index (χ3v) is 3.26. The van der Waals surface area contributed by atoms with Gasteiger partial charge in [-0.1, -0.05) is 48.5 Å². The van der Waals surface area contributed by atoms with Gasteiger partial charge in [-0.15, -0.1) is 0 Å². The molecule has 3 rings (SSSR count). The molecule has 0 unspecified atom stereocenters. The molecule has 0 aliphatic heterocycles. The SMILES string of the molecule is NCc1ccc2cccnc2c1OCc1ccccc1. The molecule has 3 aromatic rings. The number of hydrogen-bond acceptors (Lipinski definition) is 3. The molecular formula is C17H16N2O. The molecule has 100 valence electrons. The first-order valence-electron chi connectivity index (χ1n) is 6.62. The van der Waals surface area contributed by atoms with E-state index in [4.69, 9.17) is 10.5 Å². The van der Waals surface area contributed by atoms with E-state index in [1.165, 1.54) is 0 Å². The zero-order valence-electron chi connectivity index (χ0n) is 11.1. The Morgan fingerprint density at radius 2 is 1.80 bits per heavy atom. The highest BCUT2D eigenvalue weighted by Crippen LogP contribution is 2.28. The van der Waals surface area contributed by atoms with E-state index in [-0.39, 0.29) is 0 Å². The van der Waals surface area contributed by atoms with Gasteiger partial charge in [-0.2, -0.15) is 0 Å². The first-order valence-corrected chi connectivity index (χ1v) is 6.62. The average Bonchev–Trinajstić information content (AvgIpc) is 2.53. The summed E-state index contributed by atoms with van der Waals surface area (Å²) < 4.78 is 5.98. The Bertz CT molecular complexity index is 711. The molecule has 0 saturated heterocycles. The van der Waals surface area contributed by atoms with Crippen molar-refractivity contribution in [3.05, 3.63) is 71.9 Å². The van der Waals surface area contributed by atoms with Crippen molar-refractivity contribution in [1.29, 1.82) is 0 Å². The van der Waals surface area contributed by atoms with E-state index in [1.807, 2.05) is 54.6 Å². The van der Waals surface area contributed by atoms with Crippen LogP contribution in [0.25, 0.3) is 10.9 Å². The Balaban J connectivity index is 1.96. The predicted molar refractivity (Wildman–Crippen MR) is 80.4 cm³/mol. The van der Waals surface area contributed by atoms with Crippen molar-refractivity contribution < 1.29 is 4.74 Å². The zero-order chi connectivity index (χ0) is 13.8. The van der Waals surface area contributed by atoms with Gasteiger partial charge in [0.05, 0.1) is 0 Å². The fourth-order valence-electron chi connectivity index (χ4n) is 2.21. The van der Waals surface area contributed by atoms with Crippen LogP contribution in [0.5, 0.6) is 5.75 Å². The zero-order valence-corrected chi connectivity index (χ0v) is 11.1. The summed E-state index contributed by atoms with van der Waals surface area (Å²) >= 11 is 0. The van der Waals surface area contributed by atoms with Gasteiger partial charge in [0.15, 0.2) is 5.75 Å². The maximum Gasteiger partial charge on any atom is 0.150 e. The highest BCUT2D eigenvalue weighted by molar-refractivity contribution is 5.85. The standard InChI is InChI=1S/C17H16N2O/c18-11-15-9-8-14-7-4-10-19-16(14)17(15)20-12-13-5-2-1-3-6-13/h1-10H,11-12,18H2. The molecule has 1 heterocycles. The summed E-state index contributed by atoms with van der Waals surface area (Å²) in [6, 6.07) is 18.1. The summed E-state index contributed by atoms with van der Waals surface area (Å²) in [6.45, 7) is 0.958. The quantitative estimate of drug-likeness (QED) is 0.786. The number of nitrogens with two attached hydrogens (primary N) is 1. The molecule has 3 nitrogen and oxygen atoms in total. The minimum atomic E-state index is 0.441. The van der Waals surface area contributed by atoms with Crippen LogP contribution in [0.15, 0.2) is 60.8 Å². The second kappa shape index (κ2) is 5.72. The molecule has 2 aromatic carbocycles. The van der Waals surface area contributed by atoms with Gasteiger partial charge in [-0.05, 0) is 11.6 Å². The average molecular weight is 264 g/mol. The number of aromatic nitrogens is 1. The van der Waals surface area contributed by atoms with Crippen molar-refractivity contribution in [2.24, 2.45) is 5.73 Å². The molecule has 0 aliphatic carbocycles. The Morgan fingerprint density at radius 3 is 2.60 bits per heavy atom. The molecule has 0 spiro atoms. The van der Waals surface area contributed by atoms with E-state index in [9.17, 15) is 0 Å². The van der Waals surface area contributed by atoms with Crippen molar-refractivity contribution in [2.45, 2.75) is 13.2 Å². The van der Waals surface area contributed by atoms with Crippen molar-refractivity contribution in [2.75, 3.05) is 0 Å². The summed E-state index contributed by atoms with van der Waals surface area (Å²) in [5.41, 5.74) is 8.78. The molecule has 2 N–H and O–H groups in total. The second-order valence-corrected chi connectivity index (χ2v) is 4.61. The topological polar surface area (TPSA) is 48.1 Å². The van der Waals surface area contributed by atoms with Crippen LogP contribution in [-0.2, 0) is 13.2 Å². The van der Waals surface area contributed by atoms with Crippen LogP contribution >= 0.6 is 0 Å². The lowest BCUT2D eigenvalue weighted by Crippen LogP contribution is -2.04. The van der Waals surface area contributed by atoms with Crippen LogP contribution in [0, 0.1) is 0 Å². The number of rotatable bonds is 4. The molecule has 0 atom stereocenters. The van der Waals surface area contributed by atoms with Gasteiger partial charge in [0.1, 0.15) is 12.1 Å². The number of fused-ring (bicyclic) bond motifs is 1. The molecule has 3 heteroatoms. The fourth-order valence-corrected chi connectivity index (χ4v) is 2.21. The maximum absolute atomic E-state index is 5.98. The Morgan fingerprint density at radius 1 is 0.950 bits per heavy atom. The minimum absolute atomic E-state index is 0.441. The van der Waals surface area contributed by atoms with Gasteiger partial charge in [0, 0.05) is 23.7 Å².